The van der Waals surface area contributed by atoms with Crippen molar-refractivity contribution in [3.63, 3.8) is 0 Å². The standard InChI is InChI=1S/C13H18F3NO/c1-9(2)6-17-7-10-5-11(14)3-4-12(10)18-8-13(15)16/h3-5,9,13,17H,6-8H2,1-2H3. The maximum Gasteiger partial charge on any atom is 0.272 e. The van der Waals surface area contributed by atoms with Crippen molar-refractivity contribution >= 4 is 0 Å². The average molecular weight is 261 g/mol. The minimum Gasteiger partial charge on any atom is -0.487 e. The monoisotopic (exact) mass is 261 g/mol. The minimum absolute atomic E-state index is 0.299. The van der Waals surface area contributed by atoms with Gasteiger partial charge in [-0.2, -0.15) is 0 Å². The zero-order valence-electron chi connectivity index (χ0n) is 10.6. The molecule has 0 saturated heterocycles. The summed E-state index contributed by atoms with van der Waals surface area (Å²) in [5.41, 5.74) is 0.552. The fourth-order valence-corrected chi connectivity index (χ4v) is 1.48. The van der Waals surface area contributed by atoms with Crippen molar-refractivity contribution in [3.05, 3.63) is 29.6 Å². The van der Waals surface area contributed by atoms with E-state index in [9.17, 15) is 13.2 Å². The topological polar surface area (TPSA) is 21.3 Å². The first-order valence-electron chi connectivity index (χ1n) is 5.89. The number of hydrogen-bond acceptors (Lipinski definition) is 2. The highest BCUT2D eigenvalue weighted by Gasteiger charge is 2.09. The second kappa shape index (κ2) is 7.26. The van der Waals surface area contributed by atoms with E-state index in [1.807, 2.05) is 13.8 Å². The van der Waals surface area contributed by atoms with Gasteiger partial charge in [-0.3, -0.25) is 0 Å². The van der Waals surface area contributed by atoms with E-state index in [-0.39, 0.29) is 0 Å². The molecule has 1 N–H and O–H groups in total. The molecule has 18 heavy (non-hydrogen) atoms. The highest BCUT2D eigenvalue weighted by Crippen LogP contribution is 2.20. The zero-order chi connectivity index (χ0) is 13.5. The van der Waals surface area contributed by atoms with E-state index in [0.717, 1.165) is 6.54 Å². The summed E-state index contributed by atoms with van der Waals surface area (Å²) in [6.07, 6.45) is -2.54. The van der Waals surface area contributed by atoms with Crippen molar-refractivity contribution in [2.75, 3.05) is 13.2 Å². The number of halogens is 3. The van der Waals surface area contributed by atoms with E-state index < -0.39 is 18.8 Å². The summed E-state index contributed by atoms with van der Waals surface area (Å²) in [6, 6.07) is 3.88. The molecule has 0 aliphatic heterocycles. The van der Waals surface area contributed by atoms with Gasteiger partial charge in [0.2, 0.25) is 0 Å². The summed E-state index contributed by atoms with van der Waals surface area (Å²) in [6.45, 7) is 4.59. The third kappa shape index (κ3) is 5.40. The quantitative estimate of drug-likeness (QED) is 0.813. The van der Waals surface area contributed by atoms with Crippen LogP contribution in [0.2, 0.25) is 0 Å². The lowest BCUT2D eigenvalue weighted by atomic mass is 10.1. The normalized spacial score (nSPS) is 11.3. The van der Waals surface area contributed by atoms with Gasteiger partial charge >= 0.3 is 0 Å². The van der Waals surface area contributed by atoms with Gasteiger partial charge < -0.3 is 10.1 Å². The van der Waals surface area contributed by atoms with Crippen molar-refractivity contribution in [3.8, 4) is 5.75 Å². The van der Waals surface area contributed by atoms with Crippen LogP contribution < -0.4 is 10.1 Å². The van der Waals surface area contributed by atoms with Crippen LogP contribution in [-0.4, -0.2) is 19.6 Å². The number of alkyl halides is 2. The molecule has 0 amide bonds. The summed E-state index contributed by atoms with van der Waals surface area (Å²) in [7, 11) is 0. The first-order chi connectivity index (χ1) is 8.49. The van der Waals surface area contributed by atoms with Crippen LogP contribution in [0.15, 0.2) is 18.2 Å². The molecule has 0 saturated carbocycles. The lowest BCUT2D eigenvalue weighted by molar-refractivity contribution is 0.0813. The number of nitrogens with one attached hydrogen (secondary N) is 1. The Hall–Kier alpha value is -1.23. The molecule has 0 bridgehead atoms. The van der Waals surface area contributed by atoms with E-state index in [0.29, 0.717) is 23.8 Å². The van der Waals surface area contributed by atoms with Crippen LogP contribution in [0.3, 0.4) is 0 Å². The Morgan fingerprint density at radius 2 is 2.00 bits per heavy atom. The van der Waals surface area contributed by atoms with Crippen molar-refractivity contribution in [2.24, 2.45) is 5.92 Å². The molecule has 0 aliphatic carbocycles. The maximum atomic E-state index is 13.1. The van der Waals surface area contributed by atoms with Crippen molar-refractivity contribution in [1.29, 1.82) is 0 Å². The molecule has 2 nitrogen and oxygen atoms in total. The second-order valence-corrected chi connectivity index (χ2v) is 4.48. The van der Waals surface area contributed by atoms with E-state index >= 15 is 0 Å². The van der Waals surface area contributed by atoms with Crippen LogP contribution in [0, 0.1) is 11.7 Å². The average Bonchev–Trinajstić information content (AvgIpc) is 2.27. The summed E-state index contributed by atoms with van der Waals surface area (Å²) in [5.74, 6) is 0.359. The SMILES string of the molecule is CC(C)CNCc1cc(F)ccc1OCC(F)F. The van der Waals surface area contributed by atoms with Crippen LogP contribution >= 0.6 is 0 Å². The summed E-state index contributed by atoms with van der Waals surface area (Å²) < 4.78 is 42.2. The number of hydrogen-bond donors (Lipinski definition) is 1. The van der Waals surface area contributed by atoms with Crippen molar-refractivity contribution in [1.82, 2.24) is 5.32 Å². The van der Waals surface area contributed by atoms with Gasteiger partial charge in [0.25, 0.3) is 6.43 Å². The molecule has 0 heterocycles. The molecular weight excluding hydrogens is 243 g/mol. The molecule has 102 valence electrons. The van der Waals surface area contributed by atoms with Crippen molar-refractivity contribution in [2.45, 2.75) is 26.8 Å². The number of rotatable bonds is 7. The minimum atomic E-state index is -2.54. The van der Waals surface area contributed by atoms with Gasteiger partial charge in [0.05, 0.1) is 0 Å². The van der Waals surface area contributed by atoms with Crippen LogP contribution in [0.5, 0.6) is 5.75 Å². The zero-order valence-corrected chi connectivity index (χ0v) is 10.6. The highest BCUT2D eigenvalue weighted by molar-refractivity contribution is 5.33. The fraction of sp³-hybridized carbons (Fsp3) is 0.538. The van der Waals surface area contributed by atoms with Gasteiger partial charge in [-0.25, -0.2) is 13.2 Å². The molecule has 0 spiro atoms. The molecule has 1 aromatic carbocycles. The first kappa shape index (κ1) is 14.8. The smallest absolute Gasteiger partial charge is 0.272 e. The summed E-state index contributed by atoms with van der Waals surface area (Å²) in [5, 5.41) is 3.12. The van der Waals surface area contributed by atoms with Gasteiger partial charge in [-0.1, -0.05) is 13.8 Å². The van der Waals surface area contributed by atoms with Crippen LogP contribution in [0.4, 0.5) is 13.2 Å². The Labute approximate surface area is 105 Å². The molecule has 1 rings (SSSR count). The Morgan fingerprint density at radius 1 is 1.28 bits per heavy atom. The predicted molar refractivity (Wildman–Crippen MR) is 64.4 cm³/mol. The van der Waals surface area contributed by atoms with Crippen LogP contribution in [0.25, 0.3) is 0 Å². The highest BCUT2D eigenvalue weighted by atomic mass is 19.3. The number of benzene rings is 1. The molecule has 1 aromatic rings. The largest absolute Gasteiger partial charge is 0.487 e. The molecule has 0 atom stereocenters. The Morgan fingerprint density at radius 3 is 2.61 bits per heavy atom. The predicted octanol–water partition coefficient (Wildman–Crippen LogP) is 3.22. The van der Waals surface area contributed by atoms with Crippen LogP contribution in [-0.2, 0) is 6.54 Å². The maximum absolute atomic E-state index is 13.1. The Balaban J connectivity index is 2.64. The van der Waals surface area contributed by atoms with Gasteiger partial charge in [-0.15, -0.1) is 0 Å². The van der Waals surface area contributed by atoms with Gasteiger partial charge in [0.1, 0.15) is 18.2 Å². The lowest BCUT2D eigenvalue weighted by Crippen LogP contribution is -2.20. The van der Waals surface area contributed by atoms with E-state index in [4.69, 9.17) is 4.74 Å². The molecule has 0 unspecified atom stereocenters. The van der Waals surface area contributed by atoms with E-state index in [1.165, 1.54) is 18.2 Å². The molecular formula is C13H18F3NO. The lowest BCUT2D eigenvalue weighted by Gasteiger charge is -2.13. The first-order valence-corrected chi connectivity index (χ1v) is 5.89. The molecule has 0 fully saturated rings. The molecule has 0 aliphatic rings. The van der Waals surface area contributed by atoms with Crippen molar-refractivity contribution < 1.29 is 17.9 Å². The van der Waals surface area contributed by atoms with Gasteiger partial charge in [-0.05, 0) is 30.7 Å². The second-order valence-electron chi connectivity index (χ2n) is 4.48. The van der Waals surface area contributed by atoms with E-state index in [1.54, 1.807) is 0 Å². The fourth-order valence-electron chi connectivity index (χ4n) is 1.48. The summed E-state index contributed by atoms with van der Waals surface area (Å²) >= 11 is 0. The van der Waals surface area contributed by atoms with Crippen LogP contribution in [0.1, 0.15) is 19.4 Å². The van der Waals surface area contributed by atoms with Gasteiger partial charge in [0.15, 0.2) is 0 Å². The Kier molecular flexibility index (Phi) is 5.98. The molecule has 0 radical (unpaired) electrons. The third-order valence-electron chi connectivity index (χ3n) is 2.26. The Bertz CT molecular complexity index is 369. The van der Waals surface area contributed by atoms with E-state index in [2.05, 4.69) is 5.32 Å². The molecule has 0 aromatic heterocycles. The number of ether oxygens (including phenoxy) is 1. The summed E-state index contributed by atoms with van der Waals surface area (Å²) in [4.78, 5) is 0. The van der Waals surface area contributed by atoms with Gasteiger partial charge in [0, 0.05) is 12.1 Å². The molecule has 5 heteroatoms. The third-order valence-corrected chi connectivity index (χ3v) is 2.26.